The van der Waals surface area contributed by atoms with Gasteiger partial charge in [0.2, 0.25) is 23.6 Å². The van der Waals surface area contributed by atoms with Gasteiger partial charge in [-0.2, -0.15) is 25.5 Å². The topological polar surface area (TPSA) is 376 Å². The first-order valence-corrected chi connectivity index (χ1v) is 34.0. The Morgan fingerprint density at radius 1 is 0.505 bits per heavy atom. The van der Waals surface area contributed by atoms with E-state index < -0.39 is 5.56 Å². The van der Waals surface area contributed by atoms with Crippen molar-refractivity contribution in [2.24, 2.45) is 0 Å². The molecule has 3 fully saturated rings. The Hall–Kier alpha value is -13.6. The second-order valence-electron chi connectivity index (χ2n) is 25.3. The number of aromatic nitrogens is 14. The maximum Gasteiger partial charge on any atom is 0.321 e. The maximum absolute atomic E-state index is 12.8. The van der Waals surface area contributed by atoms with E-state index in [0.717, 1.165) is 101 Å². The highest BCUT2D eigenvalue weighted by Crippen LogP contribution is 2.40. The van der Waals surface area contributed by atoms with Crippen LogP contribution in [0.15, 0.2) is 204 Å². The van der Waals surface area contributed by atoms with E-state index in [-0.39, 0.29) is 59.1 Å². The van der Waals surface area contributed by atoms with E-state index in [0.29, 0.717) is 94.7 Å². The lowest BCUT2D eigenvalue weighted by atomic mass is 10.0. The number of ether oxygens (including phenoxy) is 3. The lowest BCUT2D eigenvalue weighted by Gasteiger charge is -2.32. The van der Waals surface area contributed by atoms with E-state index in [4.69, 9.17) is 51.2 Å². The molecule has 3 amide bonds. The first-order chi connectivity index (χ1) is 51.1. The van der Waals surface area contributed by atoms with Gasteiger partial charge < -0.3 is 50.6 Å². The summed E-state index contributed by atoms with van der Waals surface area (Å²) >= 11 is 0. The van der Waals surface area contributed by atoms with Crippen molar-refractivity contribution in [2.75, 3.05) is 56.5 Å². The number of hydrogen-bond acceptors (Lipinski definition) is 21. The molecule has 105 heavy (non-hydrogen) atoms. The van der Waals surface area contributed by atoms with Gasteiger partial charge in [0.15, 0.2) is 23.0 Å². The van der Waals surface area contributed by atoms with Crippen molar-refractivity contribution in [2.45, 2.75) is 63.6 Å². The first kappa shape index (κ1) is 68.5. The van der Waals surface area contributed by atoms with Crippen molar-refractivity contribution in [3.8, 4) is 68.7 Å². The number of hydrogen-bond donors (Lipinski definition) is 5. The number of aromatic amines is 2. The standard InChI is InChI=1S/C28H25N5O3.C25H25N7O3.C23H22N8O3/c1-2-26(34)32-14-6-7-19(17-32)33-24-16-25-23(28(29)31-36-25)15-22(24)27(30-33)18-10-12-21(13-11-18)35-20-8-4-3-5-9-20;1-3-19(33)31-13-5-7-17(14-31)32-22-20(23(26)28-29-24(22)34)21(30-32)16-8-10-18(11-9-16)35-25-15(2)6-4-12-27-25;1-2-17(32)30-12-3-5-15(13-30)31-20-18(21(24)27-28-22(20)33)19(29-31)14-6-8-16(9-7-14)34-23-25-10-4-11-26-23/h2-5,8-13,15-16,19H,1,6-7,14,17H2,(H2,29,31);3-4,6,8-12,17H,1,5,7,13-14H2,2H3,(H2,26,28)(H,29,34);2,4,6-11,15H,1,3,5,12-13H2,(H2,24,27)(H,28,33). The van der Waals surface area contributed by atoms with Crippen molar-refractivity contribution in [3.05, 3.63) is 216 Å². The number of carbonyl (C=O) groups is 3. The van der Waals surface area contributed by atoms with E-state index in [1.807, 2.05) is 132 Å². The number of nitrogens with zero attached hydrogens (tertiary/aromatic N) is 15. The molecule has 5 aromatic carbocycles. The Labute approximate surface area is 598 Å². The molecule has 29 heteroatoms. The highest BCUT2D eigenvalue weighted by molar-refractivity contribution is 6.05. The van der Waals surface area contributed by atoms with E-state index >= 15 is 0 Å². The van der Waals surface area contributed by atoms with Gasteiger partial charge in [0.05, 0.1) is 39.8 Å². The van der Waals surface area contributed by atoms with Crippen molar-refractivity contribution in [3.63, 3.8) is 0 Å². The number of carbonyl (C=O) groups excluding carboxylic acids is 3. The van der Waals surface area contributed by atoms with Crippen LogP contribution in [0.4, 0.5) is 17.5 Å². The molecule has 3 atom stereocenters. The summed E-state index contributed by atoms with van der Waals surface area (Å²) in [6, 6.07) is 41.4. The number of likely N-dealkylation sites (tertiary alicyclic amines) is 3. The second kappa shape index (κ2) is 29.9. The van der Waals surface area contributed by atoms with E-state index in [1.165, 1.54) is 18.2 Å². The predicted molar refractivity (Wildman–Crippen MR) is 396 cm³/mol. The van der Waals surface area contributed by atoms with Crippen molar-refractivity contribution < 1.29 is 33.1 Å². The van der Waals surface area contributed by atoms with Crippen LogP contribution in [0.3, 0.4) is 0 Å². The highest BCUT2D eigenvalue weighted by Gasteiger charge is 2.32. The summed E-state index contributed by atoms with van der Waals surface area (Å²) in [5.41, 5.74) is 25.1. The van der Waals surface area contributed by atoms with Gasteiger partial charge in [-0.15, -0.1) is 0 Å². The summed E-state index contributed by atoms with van der Waals surface area (Å²) in [7, 11) is 0. The molecule has 3 aliphatic heterocycles. The van der Waals surface area contributed by atoms with Crippen LogP contribution in [0, 0.1) is 6.92 Å². The molecule has 0 aliphatic carbocycles. The number of rotatable bonds is 15. The zero-order chi connectivity index (χ0) is 72.8. The van der Waals surface area contributed by atoms with Crippen LogP contribution in [0.1, 0.15) is 62.2 Å². The third-order valence-corrected chi connectivity index (χ3v) is 18.6. The number of nitrogen functional groups attached to an aromatic ring is 3. The van der Waals surface area contributed by atoms with Crippen LogP contribution in [-0.4, -0.2) is 142 Å². The van der Waals surface area contributed by atoms with Gasteiger partial charge in [-0.3, -0.25) is 38.0 Å². The molecule has 11 heterocycles. The van der Waals surface area contributed by atoms with Crippen molar-refractivity contribution >= 4 is 78.9 Å². The minimum absolute atomic E-state index is 0.0253. The molecule has 0 radical (unpaired) electrons. The van der Waals surface area contributed by atoms with Crippen molar-refractivity contribution in [1.29, 1.82) is 0 Å². The molecule has 3 saturated heterocycles. The van der Waals surface area contributed by atoms with Gasteiger partial charge >= 0.3 is 6.01 Å². The largest absolute Gasteiger partial charge is 0.457 e. The monoisotopic (exact) mass is 1410 g/mol. The quantitative estimate of drug-likeness (QED) is 0.0595. The number of para-hydroxylation sites is 1. The normalized spacial score (nSPS) is 15.9. The maximum atomic E-state index is 12.8. The summed E-state index contributed by atoms with van der Waals surface area (Å²) in [6.45, 7) is 16.2. The SMILES string of the molecule is C=CC(=O)N1CCCC(n2nc(-c3ccc(Oc4ccccc4)cc3)c3cc4c(N)noc4cc32)C1.C=CC(=O)N1CCCC(n2nc(-c3ccc(Oc4ncccc4C)cc3)c3c(N)n[nH]c(=O)c32)C1.C=CC(=O)N1CCCC(n2nc(-c3ccc(Oc4ncccn4)cc3)c3c(N)n[nH]c(=O)c32)C1. The van der Waals surface area contributed by atoms with Gasteiger partial charge in [0, 0.05) is 91.6 Å². The molecular formula is C76H72N20O9. The molecule has 0 saturated carbocycles. The highest BCUT2D eigenvalue weighted by atomic mass is 16.5. The molecule has 8 aromatic heterocycles. The predicted octanol–water partition coefficient (Wildman–Crippen LogP) is 11.1. The number of fused-ring (bicyclic) bond motifs is 4. The van der Waals surface area contributed by atoms with Gasteiger partial charge in [-0.1, -0.05) is 49.2 Å². The Kier molecular flexibility index (Phi) is 19.5. The molecule has 16 rings (SSSR count). The minimum atomic E-state index is -0.392. The second-order valence-corrected chi connectivity index (χ2v) is 25.3. The number of benzene rings is 5. The third-order valence-electron chi connectivity index (χ3n) is 18.6. The van der Waals surface area contributed by atoms with Gasteiger partial charge in [0.25, 0.3) is 11.1 Å². The number of anilines is 3. The van der Waals surface area contributed by atoms with Crippen LogP contribution in [-0.2, 0) is 14.4 Å². The summed E-state index contributed by atoms with van der Waals surface area (Å²) < 4.78 is 28.3. The van der Waals surface area contributed by atoms with Crippen molar-refractivity contribution in [1.82, 2.24) is 84.5 Å². The zero-order valence-corrected chi connectivity index (χ0v) is 57.1. The molecule has 13 aromatic rings. The lowest BCUT2D eigenvalue weighted by molar-refractivity contribution is -0.128. The van der Waals surface area contributed by atoms with Crippen LogP contribution in [0.5, 0.6) is 34.9 Å². The molecule has 3 aliphatic rings. The number of pyridine rings is 1. The fourth-order valence-electron chi connectivity index (χ4n) is 13.5. The van der Waals surface area contributed by atoms with Crippen LogP contribution in [0.25, 0.3) is 77.5 Å². The van der Waals surface area contributed by atoms with Crippen LogP contribution in [0.2, 0.25) is 0 Å². The van der Waals surface area contributed by atoms with Gasteiger partial charge in [-0.25, -0.2) is 25.1 Å². The van der Waals surface area contributed by atoms with E-state index in [1.54, 1.807) is 56.0 Å². The number of piperidine rings is 3. The molecule has 29 nitrogen and oxygen atoms in total. The Morgan fingerprint density at radius 3 is 1.45 bits per heavy atom. The zero-order valence-electron chi connectivity index (χ0n) is 57.1. The Bertz CT molecular complexity index is 5540. The fourth-order valence-corrected chi connectivity index (χ4v) is 13.5. The minimum Gasteiger partial charge on any atom is -0.457 e. The Balaban J connectivity index is 0.000000133. The summed E-state index contributed by atoms with van der Waals surface area (Å²) in [5.74, 6) is 3.58. The number of amides is 3. The molecule has 3 unspecified atom stereocenters. The molecular weight excluding hydrogens is 1340 g/mol. The number of H-pyrrole nitrogens is 2. The van der Waals surface area contributed by atoms with E-state index in [9.17, 15) is 24.0 Å². The molecule has 8 N–H and O–H groups in total. The Morgan fingerprint density at radius 2 is 0.952 bits per heavy atom. The number of nitrogens with two attached hydrogens (primary N) is 3. The number of nitrogens with one attached hydrogen (secondary N) is 2. The molecule has 0 spiro atoms. The third kappa shape index (κ3) is 14.3. The smallest absolute Gasteiger partial charge is 0.321 e. The molecule has 0 bridgehead atoms. The average molecular weight is 1410 g/mol. The summed E-state index contributed by atoms with van der Waals surface area (Å²) in [6.07, 6.45) is 13.8. The molecule has 530 valence electrons. The van der Waals surface area contributed by atoms with E-state index in [2.05, 4.69) is 60.2 Å². The van der Waals surface area contributed by atoms with Crippen LogP contribution < -0.4 is 42.5 Å². The van der Waals surface area contributed by atoms with Crippen LogP contribution >= 0.6 is 0 Å². The van der Waals surface area contributed by atoms with Gasteiger partial charge in [-0.05, 0) is 167 Å². The van der Waals surface area contributed by atoms with Gasteiger partial charge in [0.1, 0.15) is 51.1 Å². The summed E-state index contributed by atoms with van der Waals surface area (Å²) in [5, 5.41) is 34.1. The lowest BCUT2D eigenvalue weighted by Crippen LogP contribution is -2.40. The number of aryl methyl sites for hydroxylation is 1. The summed E-state index contributed by atoms with van der Waals surface area (Å²) in [4.78, 5) is 80.0. The first-order valence-electron chi connectivity index (χ1n) is 34.0. The fraction of sp³-hybridized carbons (Fsp3) is 0.211. The average Bonchev–Trinajstić information content (AvgIpc) is 1.61.